The van der Waals surface area contributed by atoms with E-state index in [2.05, 4.69) is 10.2 Å². The minimum Gasteiger partial charge on any atom is -0.489 e. The van der Waals surface area contributed by atoms with Crippen molar-refractivity contribution in [2.45, 2.75) is 26.8 Å². The predicted octanol–water partition coefficient (Wildman–Crippen LogP) is 3.11. The van der Waals surface area contributed by atoms with Gasteiger partial charge in [-0.1, -0.05) is 12.1 Å². The highest BCUT2D eigenvalue weighted by atomic mass is 16.5. The summed E-state index contributed by atoms with van der Waals surface area (Å²) >= 11 is 0. The van der Waals surface area contributed by atoms with Crippen LogP contribution in [0.25, 0.3) is 0 Å². The average molecular weight is 325 g/mol. The van der Waals surface area contributed by atoms with Crippen molar-refractivity contribution in [2.75, 3.05) is 29.1 Å². The number of hydrogen-bond donors (Lipinski definition) is 2. The van der Waals surface area contributed by atoms with Crippen molar-refractivity contribution >= 4 is 23.0 Å². The fourth-order valence-corrected chi connectivity index (χ4v) is 2.91. The van der Waals surface area contributed by atoms with E-state index >= 15 is 0 Å². The molecule has 1 heterocycles. The zero-order chi connectivity index (χ0) is 17.3. The number of rotatable bonds is 3. The Kier molecular flexibility index (Phi) is 4.34. The molecule has 0 saturated carbocycles. The van der Waals surface area contributed by atoms with Crippen LogP contribution < -0.4 is 20.7 Å². The molecule has 5 heteroatoms. The molecular formula is C19H23N3O2. The van der Waals surface area contributed by atoms with E-state index in [0.29, 0.717) is 18.8 Å². The van der Waals surface area contributed by atoms with Gasteiger partial charge in [0, 0.05) is 17.4 Å². The number of anilines is 3. The highest BCUT2D eigenvalue weighted by molar-refractivity contribution is 5.97. The van der Waals surface area contributed by atoms with E-state index < -0.39 is 0 Å². The zero-order valence-corrected chi connectivity index (χ0v) is 14.3. The third-order valence-corrected chi connectivity index (χ3v) is 4.38. The number of nitrogens with zero attached hydrogens (tertiary/aromatic N) is 1. The number of carbonyl (C=O) groups excluding carboxylic acids is 1. The highest BCUT2D eigenvalue weighted by Gasteiger charge is 2.27. The largest absolute Gasteiger partial charge is 0.489 e. The van der Waals surface area contributed by atoms with Crippen molar-refractivity contribution in [3.63, 3.8) is 0 Å². The fraction of sp³-hybridized carbons (Fsp3) is 0.316. The van der Waals surface area contributed by atoms with E-state index in [-0.39, 0.29) is 11.9 Å². The van der Waals surface area contributed by atoms with Gasteiger partial charge in [-0.2, -0.15) is 0 Å². The maximum absolute atomic E-state index is 12.7. The quantitative estimate of drug-likeness (QED) is 0.851. The summed E-state index contributed by atoms with van der Waals surface area (Å²) < 4.78 is 5.66. The molecule has 3 rings (SSSR count). The molecule has 1 aliphatic heterocycles. The van der Waals surface area contributed by atoms with Crippen LogP contribution in [0.5, 0.6) is 5.75 Å². The molecule has 0 spiro atoms. The first-order valence-electron chi connectivity index (χ1n) is 8.13. The van der Waals surface area contributed by atoms with E-state index in [1.807, 2.05) is 51.1 Å². The van der Waals surface area contributed by atoms with Crippen LogP contribution >= 0.6 is 0 Å². The number of nitrogen functional groups attached to an aromatic ring is 1. The second-order valence-corrected chi connectivity index (χ2v) is 6.25. The molecule has 1 aliphatic rings. The molecule has 0 bridgehead atoms. The number of fused-ring (bicyclic) bond motifs is 1. The van der Waals surface area contributed by atoms with Crippen LogP contribution in [-0.2, 0) is 4.79 Å². The molecule has 0 aromatic heterocycles. The van der Waals surface area contributed by atoms with Gasteiger partial charge < -0.3 is 20.7 Å². The van der Waals surface area contributed by atoms with E-state index in [9.17, 15) is 4.79 Å². The second kappa shape index (κ2) is 6.43. The second-order valence-electron chi connectivity index (χ2n) is 6.25. The summed E-state index contributed by atoms with van der Waals surface area (Å²) in [6, 6.07) is 11.3. The lowest BCUT2D eigenvalue weighted by Crippen LogP contribution is -2.46. The number of nitrogens with one attached hydrogen (secondary N) is 1. The molecule has 2 aromatic rings. The number of benzene rings is 2. The van der Waals surface area contributed by atoms with Gasteiger partial charge >= 0.3 is 0 Å². The van der Waals surface area contributed by atoms with E-state index in [0.717, 1.165) is 28.3 Å². The Morgan fingerprint density at radius 1 is 1.25 bits per heavy atom. The SMILES string of the molecule is Cc1ccc(C)c(NC(=O)C(C)N2CCOc3cc(N)ccc32)c1. The fourth-order valence-electron chi connectivity index (χ4n) is 2.91. The first-order valence-corrected chi connectivity index (χ1v) is 8.13. The molecule has 126 valence electrons. The Hall–Kier alpha value is -2.69. The molecule has 5 nitrogen and oxygen atoms in total. The van der Waals surface area contributed by atoms with Gasteiger partial charge in [0.25, 0.3) is 0 Å². The normalized spacial score (nSPS) is 14.5. The topological polar surface area (TPSA) is 67.6 Å². The maximum Gasteiger partial charge on any atom is 0.246 e. The van der Waals surface area contributed by atoms with Crippen LogP contribution in [0.1, 0.15) is 18.1 Å². The van der Waals surface area contributed by atoms with Crippen molar-refractivity contribution in [3.8, 4) is 5.75 Å². The van der Waals surface area contributed by atoms with E-state index in [4.69, 9.17) is 10.5 Å². The minimum atomic E-state index is -0.309. The molecule has 0 fully saturated rings. The van der Waals surface area contributed by atoms with E-state index in [1.165, 1.54) is 0 Å². The molecule has 1 unspecified atom stereocenters. The summed E-state index contributed by atoms with van der Waals surface area (Å²) in [5.74, 6) is 0.695. The summed E-state index contributed by atoms with van der Waals surface area (Å²) in [6.07, 6.45) is 0. The average Bonchev–Trinajstić information content (AvgIpc) is 2.56. The van der Waals surface area contributed by atoms with Gasteiger partial charge in [0.05, 0.1) is 12.2 Å². The first-order chi connectivity index (χ1) is 11.5. The van der Waals surface area contributed by atoms with Crippen LogP contribution in [0.4, 0.5) is 17.1 Å². The molecule has 3 N–H and O–H groups in total. The Bertz CT molecular complexity index is 773. The standard InChI is InChI=1S/C19H23N3O2/c1-12-4-5-13(2)16(10-12)21-19(23)14(3)22-8-9-24-18-11-15(20)6-7-17(18)22/h4-7,10-11,14H,8-9,20H2,1-3H3,(H,21,23). The molecule has 0 radical (unpaired) electrons. The molecule has 0 saturated heterocycles. The van der Waals surface area contributed by atoms with Crippen molar-refractivity contribution < 1.29 is 9.53 Å². The molecule has 1 amide bonds. The monoisotopic (exact) mass is 325 g/mol. The van der Waals surface area contributed by atoms with Gasteiger partial charge in [0.2, 0.25) is 5.91 Å². The third kappa shape index (κ3) is 3.15. The van der Waals surface area contributed by atoms with Gasteiger partial charge in [-0.3, -0.25) is 4.79 Å². The number of ether oxygens (including phenoxy) is 1. The van der Waals surface area contributed by atoms with Gasteiger partial charge in [-0.15, -0.1) is 0 Å². The zero-order valence-electron chi connectivity index (χ0n) is 14.3. The number of carbonyl (C=O) groups is 1. The third-order valence-electron chi connectivity index (χ3n) is 4.38. The van der Waals surface area contributed by atoms with Crippen molar-refractivity contribution in [3.05, 3.63) is 47.5 Å². The van der Waals surface area contributed by atoms with Gasteiger partial charge in [-0.25, -0.2) is 0 Å². The van der Waals surface area contributed by atoms with Crippen LogP contribution in [-0.4, -0.2) is 25.1 Å². The van der Waals surface area contributed by atoms with E-state index in [1.54, 1.807) is 6.07 Å². The highest BCUT2D eigenvalue weighted by Crippen LogP contribution is 2.34. The molecule has 1 atom stereocenters. The summed E-state index contributed by atoms with van der Waals surface area (Å²) in [6.45, 7) is 7.12. The Balaban J connectivity index is 1.81. The summed E-state index contributed by atoms with van der Waals surface area (Å²) in [7, 11) is 0. The first kappa shape index (κ1) is 16.2. The van der Waals surface area contributed by atoms with Crippen molar-refractivity contribution in [1.29, 1.82) is 0 Å². The van der Waals surface area contributed by atoms with Crippen LogP contribution in [0.3, 0.4) is 0 Å². The van der Waals surface area contributed by atoms with Crippen LogP contribution in [0.2, 0.25) is 0 Å². The lowest BCUT2D eigenvalue weighted by molar-refractivity contribution is -0.117. The van der Waals surface area contributed by atoms with Crippen LogP contribution in [0, 0.1) is 13.8 Å². The lowest BCUT2D eigenvalue weighted by atomic mass is 10.1. The van der Waals surface area contributed by atoms with Gasteiger partial charge in [-0.05, 0) is 50.1 Å². The number of hydrogen-bond acceptors (Lipinski definition) is 4. The maximum atomic E-state index is 12.7. The summed E-state index contributed by atoms with van der Waals surface area (Å²) in [4.78, 5) is 14.8. The Morgan fingerprint density at radius 3 is 2.83 bits per heavy atom. The summed E-state index contributed by atoms with van der Waals surface area (Å²) in [5.41, 5.74) is 10.4. The van der Waals surface area contributed by atoms with Crippen molar-refractivity contribution in [1.82, 2.24) is 0 Å². The number of aryl methyl sites for hydroxylation is 2. The smallest absolute Gasteiger partial charge is 0.246 e. The number of amides is 1. The molecule has 0 aliphatic carbocycles. The van der Waals surface area contributed by atoms with Crippen LogP contribution in [0.15, 0.2) is 36.4 Å². The Labute approximate surface area is 142 Å². The molecule has 2 aromatic carbocycles. The summed E-state index contributed by atoms with van der Waals surface area (Å²) in [5, 5.41) is 3.04. The van der Waals surface area contributed by atoms with Gasteiger partial charge in [0.1, 0.15) is 18.4 Å². The minimum absolute atomic E-state index is 0.0339. The number of nitrogens with two attached hydrogens (primary N) is 1. The molecule has 24 heavy (non-hydrogen) atoms. The lowest BCUT2D eigenvalue weighted by Gasteiger charge is -2.35. The predicted molar refractivity (Wildman–Crippen MR) is 97.7 cm³/mol. The molecular weight excluding hydrogens is 302 g/mol. The van der Waals surface area contributed by atoms with Crippen molar-refractivity contribution in [2.24, 2.45) is 0 Å². The van der Waals surface area contributed by atoms with Gasteiger partial charge in [0.15, 0.2) is 0 Å². The Morgan fingerprint density at radius 2 is 2.04 bits per heavy atom.